The van der Waals surface area contributed by atoms with E-state index in [9.17, 15) is 9.59 Å². The third-order valence-corrected chi connectivity index (χ3v) is 6.77. The van der Waals surface area contributed by atoms with Gasteiger partial charge in [0.05, 0.1) is 12.1 Å². The van der Waals surface area contributed by atoms with E-state index in [1.807, 2.05) is 49.9 Å². The van der Waals surface area contributed by atoms with Crippen LogP contribution in [-0.2, 0) is 9.59 Å². The highest BCUT2D eigenvalue weighted by molar-refractivity contribution is 5.79. The Hall–Kier alpha value is -4.15. The van der Waals surface area contributed by atoms with Crippen LogP contribution < -0.4 is 19.7 Å². The van der Waals surface area contributed by atoms with Crippen molar-refractivity contribution >= 4 is 17.6 Å². The lowest BCUT2D eigenvalue weighted by Crippen LogP contribution is -2.56. The molecule has 2 aliphatic rings. The van der Waals surface area contributed by atoms with Crippen LogP contribution in [0.25, 0.3) is 5.95 Å². The molecule has 0 bridgehead atoms. The number of imidazole rings is 1. The zero-order valence-electron chi connectivity index (χ0n) is 21.9. The topological polar surface area (TPSA) is 115 Å². The molecule has 0 radical (unpaired) electrons. The first-order chi connectivity index (χ1) is 18.4. The number of anilines is 1. The summed E-state index contributed by atoms with van der Waals surface area (Å²) in [5.74, 6) is 2.87. The molecule has 1 N–H and O–H groups in total. The van der Waals surface area contributed by atoms with Gasteiger partial charge in [0.15, 0.2) is 11.5 Å². The molecular weight excluding hydrogens is 486 g/mol. The molecule has 0 aliphatic carbocycles. The molecule has 2 aliphatic heterocycles. The van der Waals surface area contributed by atoms with Crippen LogP contribution in [0.15, 0.2) is 49.2 Å². The monoisotopic (exact) mass is 519 g/mol. The summed E-state index contributed by atoms with van der Waals surface area (Å²) in [6.45, 7) is 7.80. The van der Waals surface area contributed by atoms with Crippen LogP contribution in [0.3, 0.4) is 0 Å². The van der Waals surface area contributed by atoms with Gasteiger partial charge in [-0.05, 0) is 36.6 Å². The summed E-state index contributed by atoms with van der Waals surface area (Å²) in [5.41, 5.74) is 0.928. The number of nitrogens with zero attached hydrogens (tertiary/aromatic N) is 6. The van der Waals surface area contributed by atoms with Gasteiger partial charge < -0.3 is 24.6 Å². The van der Waals surface area contributed by atoms with E-state index in [0.29, 0.717) is 49.3 Å². The number of fused-ring (bicyclic) bond motifs is 1. The number of rotatable bonds is 8. The Morgan fingerprint density at radius 1 is 1.11 bits per heavy atom. The molecule has 0 spiro atoms. The van der Waals surface area contributed by atoms with Crippen LogP contribution in [0.1, 0.15) is 45.2 Å². The lowest BCUT2D eigenvalue weighted by atomic mass is 10.0. The van der Waals surface area contributed by atoms with Gasteiger partial charge >= 0.3 is 0 Å². The van der Waals surface area contributed by atoms with Crippen LogP contribution in [0.5, 0.6) is 11.5 Å². The maximum absolute atomic E-state index is 13.3. The number of hydrogen-bond acceptors (Lipinski definition) is 8. The van der Waals surface area contributed by atoms with Crippen molar-refractivity contribution in [2.75, 3.05) is 31.3 Å². The minimum atomic E-state index is -0.241. The molecule has 3 aromatic rings. The molecule has 0 saturated carbocycles. The Bertz CT molecular complexity index is 1280. The zero-order chi connectivity index (χ0) is 26.6. The molecule has 1 aromatic carbocycles. The number of nitrogens with one attached hydrogen (secondary N) is 1. The molecule has 11 heteroatoms. The highest BCUT2D eigenvalue weighted by atomic mass is 16.7. The van der Waals surface area contributed by atoms with Gasteiger partial charge in [0, 0.05) is 51.1 Å². The molecule has 1 fully saturated rings. The van der Waals surface area contributed by atoms with Crippen molar-refractivity contribution in [1.29, 1.82) is 0 Å². The van der Waals surface area contributed by atoms with E-state index in [2.05, 4.69) is 20.2 Å². The normalized spacial score (nSPS) is 17.5. The van der Waals surface area contributed by atoms with Crippen molar-refractivity contribution in [2.45, 2.75) is 45.7 Å². The van der Waals surface area contributed by atoms with E-state index in [1.54, 1.807) is 29.5 Å². The molecular formula is C27H33N7O4. The van der Waals surface area contributed by atoms with Gasteiger partial charge in [-0.3, -0.25) is 14.2 Å². The molecule has 2 amide bonds. The van der Waals surface area contributed by atoms with Crippen LogP contribution >= 0.6 is 0 Å². The summed E-state index contributed by atoms with van der Waals surface area (Å²) in [5, 5.41) is 3.11. The maximum Gasteiger partial charge on any atom is 0.236 e. The van der Waals surface area contributed by atoms with Crippen molar-refractivity contribution in [3.63, 3.8) is 0 Å². The molecule has 2 unspecified atom stereocenters. The molecule has 1 saturated heterocycles. The molecule has 4 heterocycles. The first-order valence-electron chi connectivity index (χ1n) is 12.9. The van der Waals surface area contributed by atoms with E-state index < -0.39 is 0 Å². The van der Waals surface area contributed by atoms with E-state index in [-0.39, 0.29) is 43.0 Å². The largest absolute Gasteiger partial charge is 0.454 e. The number of ether oxygens (including phenoxy) is 2. The molecule has 38 heavy (non-hydrogen) atoms. The number of piperazine rings is 1. The third-order valence-electron chi connectivity index (χ3n) is 6.77. The fourth-order valence-electron chi connectivity index (χ4n) is 4.82. The number of hydrogen-bond donors (Lipinski definition) is 1. The van der Waals surface area contributed by atoms with Gasteiger partial charge in [0.1, 0.15) is 12.1 Å². The number of amides is 2. The Kier molecular flexibility index (Phi) is 7.43. The molecule has 11 nitrogen and oxygen atoms in total. The van der Waals surface area contributed by atoms with Crippen LogP contribution in [0.2, 0.25) is 0 Å². The second kappa shape index (κ2) is 11.1. The van der Waals surface area contributed by atoms with E-state index in [4.69, 9.17) is 14.5 Å². The standard InChI is InChI=1S/C27H33N7O4/c1-18(2)12-26(36)32-10-11-34(24-6-7-29-27(31-24)33-9-8-28-16-33)21(15-32)14-25(35)30-19(3)20-4-5-22-23(13-20)38-17-37-22/h4-9,13,16,18-19,21H,10-12,14-15,17H2,1-3H3,(H,30,35). The van der Waals surface area contributed by atoms with Gasteiger partial charge in [-0.2, -0.15) is 4.98 Å². The fraction of sp³-hybridized carbons (Fsp3) is 0.444. The van der Waals surface area contributed by atoms with Gasteiger partial charge in [0.2, 0.25) is 24.6 Å². The van der Waals surface area contributed by atoms with Crippen molar-refractivity contribution in [2.24, 2.45) is 5.92 Å². The second-order valence-corrected chi connectivity index (χ2v) is 10.1. The van der Waals surface area contributed by atoms with Crippen LogP contribution in [0, 0.1) is 5.92 Å². The summed E-state index contributed by atoms with van der Waals surface area (Å²) in [7, 11) is 0. The first-order valence-corrected chi connectivity index (χ1v) is 12.9. The summed E-state index contributed by atoms with van der Waals surface area (Å²) in [6, 6.07) is 7.05. The quantitative estimate of drug-likeness (QED) is 0.483. The second-order valence-electron chi connectivity index (χ2n) is 10.1. The Balaban J connectivity index is 1.32. The minimum absolute atomic E-state index is 0.104. The smallest absolute Gasteiger partial charge is 0.236 e. The lowest BCUT2D eigenvalue weighted by molar-refractivity contribution is -0.133. The van der Waals surface area contributed by atoms with Crippen LogP contribution in [0.4, 0.5) is 5.82 Å². The summed E-state index contributed by atoms with van der Waals surface area (Å²) >= 11 is 0. The van der Waals surface area contributed by atoms with E-state index in [0.717, 1.165) is 5.56 Å². The van der Waals surface area contributed by atoms with E-state index in [1.165, 1.54) is 0 Å². The predicted molar refractivity (Wildman–Crippen MR) is 140 cm³/mol. The number of carbonyl (C=O) groups is 2. The van der Waals surface area contributed by atoms with Gasteiger partial charge in [-0.1, -0.05) is 19.9 Å². The SMILES string of the molecule is CC(C)CC(=O)N1CCN(c2ccnc(-n3ccnc3)n2)C(CC(=O)NC(C)c2ccc3c(c2)OCO3)C1. The Morgan fingerprint density at radius 3 is 2.74 bits per heavy atom. The molecule has 5 rings (SSSR count). The minimum Gasteiger partial charge on any atom is -0.454 e. The summed E-state index contributed by atoms with van der Waals surface area (Å²) in [6.07, 6.45) is 7.49. The highest BCUT2D eigenvalue weighted by Gasteiger charge is 2.32. The lowest BCUT2D eigenvalue weighted by Gasteiger charge is -2.42. The maximum atomic E-state index is 13.3. The first kappa shape index (κ1) is 25.5. The summed E-state index contributed by atoms with van der Waals surface area (Å²) in [4.78, 5) is 43.3. The van der Waals surface area contributed by atoms with Gasteiger partial charge in [0.25, 0.3) is 0 Å². The Labute approximate surface area is 221 Å². The molecule has 200 valence electrons. The average Bonchev–Trinajstić information content (AvgIpc) is 3.60. The summed E-state index contributed by atoms with van der Waals surface area (Å²) < 4.78 is 12.6. The number of carbonyl (C=O) groups excluding carboxylic acids is 2. The van der Waals surface area contributed by atoms with Crippen molar-refractivity contribution in [1.82, 2.24) is 29.7 Å². The van der Waals surface area contributed by atoms with Crippen molar-refractivity contribution < 1.29 is 19.1 Å². The number of benzene rings is 1. The highest BCUT2D eigenvalue weighted by Crippen LogP contribution is 2.34. The van der Waals surface area contributed by atoms with Gasteiger partial charge in [-0.25, -0.2) is 9.97 Å². The third kappa shape index (κ3) is 5.71. The van der Waals surface area contributed by atoms with E-state index >= 15 is 0 Å². The van der Waals surface area contributed by atoms with Crippen LogP contribution in [-0.4, -0.2) is 68.7 Å². The number of aromatic nitrogens is 4. The van der Waals surface area contributed by atoms with Crippen molar-refractivity contribution in [3.8, 4) is 17.4 Å². The fourth-order valence-corrected chi connectivity index (χ4v) is 4.82. The predicted octanol–water partition coefficient (Wildman–Crippen LogP) is 2.72. The Morgan fingerprint density at radius 2 is 1.95 bits per heavy atom. The molecule has 2 aromatic heterocycles. The van der Waals surface area contributed by atoms with Gasteiger partial charge in [-0.15, -0.1) is 0 Å². The van der Waals surface area contributed by atoms with Crippen molar-refractivity contribution in [3.05, 3.63) is 54.7 Å². The molecule has 2 atom stereocenters. The average molecular weight is 520 g/mol. The zero-order valence-corrected chi connectivity index (χ0v) is 21.9.